The molecule has 1 fully saturated rings. The predicted molar refractivity (Wildman–Crippen MR) is 159 cm³/mol. The molecule has 0 bridgehead atoms. The minimum absolute atomic E-state index is 0.00803. The molecular formula is C33H34N2O4S. The zero-order valence-corrected chi connectivity index (χ0v) is 23.2. The van der Waals surface area contributed by atoms with Gasteiger partial charge in [-0.2, -0.15) is 0 Å². The van der Waals surface area contributed by atoms with Crippen molar-refractivity contribution in [3.63, 3.8) is 0 Å². The fourth-order valence-electron chi connectivity index (χ4n) is 4.68. The molecule has 1 saturated heterocycles. The van der Waals surface area contributed by atoms with Crippen molar-refractivity contribution in [1.29, 1.82) is 0 Å². The van der Waals surface area contributed by atoms with Gasteiger partial charge in [0.2, 0.25) is 0 Å². The molecule has 0 unspecified atom stereocenters. The molecule has 0 radical (unpaired) electrons. The Morgan fingerprint density at radius 3 is 2.12 bits per heavy atom. The van der Waals surface area contributed by atoms with Gasteiger partial charge in [-0.3, -0.25) is 0 Å². The van der Waals surface area contributed by atoms with E-state index >= 15 is 0 Å². The molecule has 0 saturated carbocycles. The van der Waals surface area contributed by atoms with Gasteiger partial charge in [-0.25, -0.2) is 4.79 Å². The van der Waals surface area contributed by atoms with Crippen LogP contribution in [-0.2, 0) is 22.6 Å². The van der Waals surface area contributed by atoms with E-state index < -0.39 is 6.29 Å². The SMILES string of the molecule is C[C@H]1[C@@H](CSc2ccccc2)O[C@@H](c2ccc(NC(=O)NCc3ccccc3)cc2)O[C@H]1c1ccc(CO)cc1. The minimum atomic E-state index is -0.555. The van der Waals surface area contributed by atoms with E-state index in [1.807, 2.05) is 97.1 Å². The number of carbonyl (C=O) groups excluding carboxylic acids is 1. The van der Waals surface area contributed by atoms with Gasteiger partial charge in [0.25, 0.3) is 0 Å². The Bertz CT molecular complexity index is 1350. The van der Waals surface area contributed by atoms with E-state index in [1.54, 1.807) is 11.8 Å². The normalized spacial score (nSPS) is 20.6. The number of hydrogen-bond acceptors (Lipinski definition) is 5. The van der Waals surface area contributed by atoms with Crippen molar-refractivity contribution in [3.8, 4) is 0 Å². The van der Waals surface area contributed by atoms with Crippen molar-refractivity contribution in [1.82, 2.24) is 5.32 Å². The Kier molecular flexibility index (Phi) is 9.52. The molecule has 6 nitrogen and oxygen atoms in total. The molecule has 0 spiro atoms. The molecule has 1 heterocycles. The molecule has 1 aliphatic rings. The quantitative estimate of drug-likeness (QED) is 0.193. The van der Waals surface area contributed by atoms with Crippen molar-refractivity contribution >= 4 is 23.5 Å². The van der Waals surface area contributed by atoms with Gasteiger partial charge >= 0.3 is 6.03 Å². The number of carbonyl (C=O) groups is 1. The predicted octanol–water partition coefficient (Wildman–Crippen LogP) is 7.08. The summed E-state index contributed by atoms with van der Waals surface area (Å²) in [6.45, 7) is 2.63. The second-order valence-corrected chi connectivity index (χ2v) is 11.0. The van der Waals surface area contributed by atoms with Crippen LogP contribution in [0.4, 0.5) is 10.5 Å². The van der Waals surface area contributed by atoms with E-state index in [9.17, 15) is 9.90 Å². The average molecular weight is 555 g/mol. The number of nitrogens with one attached hydrogen (secondary N) is 2. The number of ether oxygens (including phenoxy) is 2. The van der Waals surface area contributed by atoms with Crippen molar-refractivity contribution < 1.29 is 19.4 Å². The summed E-state index contributed by atoms with van der Waals surface area (Å²) >= 11 is 1.78. The van der Waals surface area contributed by atoms with Crippen LogP contribution < -0.4 is 10.6 Å². The molecule has 206 valence electrons. The third kappa shape index (κ3) is 7.31. The molecule has 1 aliphatic heterocycles. The molecule has 4 aromatic carbocycles. The summed E-state index contributed by atoms with van der Waals surface area (Å²) in [5, 5.41) is 15.2. The maximum Gasteiger partial charge on any atom is 0.319 e. The van der Waals surface area contributed by atoms with Gasteiger partial charge in [0.05, 0.1) is 18.8 Å². The number of urea groups is 1. The van der Waals surface area contributed by atoms with Crippen molar-refractivity contribution in [2.75, 3.05) is 11.1 Å². The topological polar surface area (TPSA) is 79.8 Å². The van der Waals surface area contributed by atoms with Crippen LogP contribution in [0.15, 0.2) is 114 Å². The van der Waals surface area contributed by atoms with E-state index in [2.05, 4.69) is 29.7 Å². The highest BCUT2D eigenvalue weighted by molar-refractivity contribution is 7.99. The lowest BCUT2D eigenvalue weighted by atomic mass is 9.91. The summed E-state index contributed by atoms with van der Waals surface area (Å²) < 4.78 is 13.1. The molecule has 0 aromatic heterocycles. The summed E-state index contributed by atoms with van der Waals surface area (Å²) in [6, 6.07) is 35.4. The van der Waals surface area contributed by atoms with Crippen LogP contribution in [0.2, 0.25) is 0 Å². The Morgan fingerprint density at radius 1 is 0.800 bits per heavy atom. The summed E-state index contributed by atoms with van der Waals surface area (Å²) in [5.41, 5.74) is 4.53. The first-order valence-corrected chi connectivity index (χ1v) is 14.4. The Balaban J connectivity index is 1.27. The zero-order valence-electron chi connectivity index (χ0n) is 22.4. The first-order valence-electron chi connectivity index (χ1n) is 13.5. The van der Waals surface area contributed by atoms with Crippen LogP contribution in [0.1, 0.15) is 41.6 Å². The number of aliphatic hydroxyl groups excluding tert-OH is 1. The second-order valence-electron chi connectivity index (χ2n) is 9.86. The van der Waals surface area contributed by atoms with Gasteiger partial charge in [-0.1, -0.05) is 91.9 Å². The standard InChI is InChI=1S/C33H34N2O4S/c1-23-30(22-40-29-10-6-3-7-11-29)38-32(39-31(23)26-14-12-25(21-36)13-15-26)27-16-18-28(19-17-27)35-33(37)34-20-24-8-4-2-5-9-24/h2-19,23,30-32,36H,20-22H2,1H3,(H2,34,35,37)/t23-,30+,31+,32+/m0/s1. The van der Waals surface area contributed by atoms with Gasteiger partial charge in [0, 0.05) is 34.4 Å². The molecule has 2 amide bonds. The van der Waals surface area contributed by atoms with Crippen LogP contribution >= 0.6 is 11.8 Å². The molecule has 7 heteroatoms. The summed E-state index contributed by atoms with van der Waals surface area (Å²) in [5.74, 6) is 0.902. The average Bonchev–Trinajstić information content (AvgIpc) is 3.01. The highest BCUT2D eigenvalue weighted by Gasteiger charge is 2.38. The largest absolute Gasteiger partial charge is 0.392 e. The van der Waals surface area contributed by atoms with Crippen molar-refractivity contribution in [2.45, 2.75) is 43.5 Å². The molecule has 0 aliphatic carbocycles. The fraction of sp³-hybridized carbons (Fsp3) is 0.242. The molecule has 4 atom stereocenters. The maximum absolute atomic E-state index is 12.4. The number of rotatable bonds is 9. The zero-order chi connectivity index (χ0) is 27.7. The third-order valence-corrected chi connectivity index (χ3v) is 8.12. The summed E-state index contributed by atoms with van der Waals surface area (Å²) in [6.07, 6.45) is -0.775. The Morgan fingerprint density at radius 2 is 1.45 bits per heavy atom. The van der Waals surface area contributed by atoms with Crippen LogP contribution in [0.25, 0.3) is 0 Å². The highest BCUT2D eigenvalue weighted by Crippen LogP contribution is 2.43. The molecule has 4 aromatic rings. The lowest BCUT2D eigenvalue weighted by Crippen LogP contribution is -2.38. The van der Waals surface area contributed by atoms with Crippen LogP contribution in [0.3, 0.4) is 0 Å². The first-order chi connectivity index (χ1) is 19.6. The molecular weight excluding hydrogens is 520 g/mol. The molecule has 3 N–H and O–H groups in total. The second kappa shape index (κ2) is 13.6. The van der Waals surface area contributed by atoms with Crippen molar-refractivity contribution in [3.05, 3.63) is 131 Å². The first kappa shape index (κ1) is 27.9. The van der Waals surface area contributed by atoms with Gasteiger partial charge in [-0.05, 0) is 41.0 Å². The lowest BCUT2D eigenvalue weighted by Gasteiger charge is -2.41. The van der Waals surface area contributed by atoms with Gasteiger partial charge in [0.15, 0.2) is 6.29 Å². The Labute approximate surface area is 239 Å². The number of anilines is 1. The van der Waals surface area contributed by atoms with Gasteiger partial charge in [-0.15, -0.1) is 11.8 Å². The van der Waals surface area contributed by atoms with E-state index in [0.717, 1.165) is 28.0 Å². The summed E-state index contributed by atoms with van der Waals surface area (Å²) in [7, 11) is 0. The maximum atomic E-state index is 12.4. The van der Waals surface area contributed by atoms with E-state index in [-0.39, 0.29) is 30.8 Å². The van der Waals surface area contributed by atoms with Crippen LogP contribution in [0, 0.1) is 5.92 Å². The van der Waals surface area contributed by atoms with E-state index in [1.165, 1.54) is 4.90 Å². The molecule has 40 heavy (non-hydrogen) atoms. The van der Waals surface area contributed by atoms with Crippen LogP contribution in [-0.4, -0.2) is 23.0 Å². The number of thioether (sulfide) groups is 1. The summed E-state index contributed by atoms with van der Waals surface area (Å²) in [4.78, 5) is 13.6. The van der Waals surface area contributed by atoms with Crippen LogP contribution in [0.5, 0.6) is 0 Å². The van der Waals surface area contributed by atoms with E-state index in [0.29, 0.717) is 12.2 Å². The number of amides is 2. The van der Waals surface area contributed by atoms with Crippen molar-refractivity contribution in [2.24, 2.45) is 5.92 Å². The number of benzene rings is 4. The number of aliphatic hydroxyl groups is 1. The van der Waals surface area contributed by atoms with Gasteiger partial charge in [0.1, 0.15) is 0 Å². The van der Waals surface area contributed by atoms with Gasteiger partial charge < -0.3 is 25.2 Å². The molecule has 5 rings (SSSR count). The van der Waals surface area contributed by atoms with E-state index in [4.69, 9.17) is 9.47 Å². The highest BCUT2D eigenvalue weighted by atomic mass is 32.2. The lowest BCUT2D eigenvalue weighted by molar-refractivity contribution is -0.268. The minimum Gasteiger partial charge on any atom is -0.392 e. The monoisotopic (exact) mass is 554 g/mol. The smallest absolute Gasteiger partial charge is 0.319 e. The Hall–Kier alpha value is -3.62. The number of hydrogen-bond donors (Lipinski definition) is 3. The fourth-order valence-corrected chi connectivity index (χ4v) is 5.77. The third-order valence-electron chi connectivity index (χ3n) is 7.02.